The van der Waals surface area contributed by atoms with Gasteiger partial charge in [-0.2, -0.15) is 8.78 Å². The van der Waals surface area contributed by atoms with Gasteiger partial charge < -0.3 is 20.3 Å². The monoisotopic (exact) mass is 299 g/mol. The topological polar surface area (TPSA) is 41.7 Å². The molecule has 0 atom stereocenters. The number of benzene rings is 1. The maximum atomic E-state index is 12.4. The molecule has 1 saturated heterocycles. The summed E-state index contributed by atoms with van der Waals surface area (Å²) >= 11 is 0. The highest BCUT2D eigenvalue weighted by atomic mass is 19.3. The standard InChI is InChI=1S/C15H23F2N3O/c1-19(2)10-11-5-7-20(8-6-11)12-3-4-13(18)14(9-12)21-15(16)17/h3-4,9,11,15H,5-8,10,18H2,1-2H3. The van der Waals surface area contributed by atoms with Gasteiger partial charge >= 0.3 is 6.61 Å². The fraction of sp³-hybridized carbons (Fsp3) is 0.600. The van der Waals surface area contributed by atoms with E-state index < -0.39 is 6.61 Å². The number of hydrogen-bond donors (Lipinski definition) is 1. The molecule has 1 aromatic carbocycles. The Morgan fingerprint density at radius 3 is 2.57 bits per heavy atom. The molecular weight excluding hydrogens is 276 g/mol. The number of alkyl halides is 2. The molecule has 0 bridgehead atoms. The molecular formula is C15H23F2N3O. The van der Waals surface area contributed by atoms with Crippen molar-refractivity contribution in [3.05, 3.63) is 18.2 Å². The molecule has 2 N–H and O–H groups in total. The zero-order valence-electron chi connectivity index (χ0n) is 12.6. The van der Waals surface area contributed by atoms with E-state index in [1.54, 1.807) is 12.1 Å². The van der Waals surface area contributed by atoms with Gasteiger partial charge in [-0.15, -0.1) is 0 Å². The zero-order valence-corrected chi connectivity index (χ0v) is 12.6. The van der Waals surface area contributed by atoms with Crippen LogP contribution in [0.4, 0.5) is 20.2 Å². The summed E-state index contributed by atoms with van der Waals surface area (Å²) in [7, 11) is 4.17. The molecule has 0 spiro atoms. The third kappa shape index (κ3) is 4.46. The Morgan fingerprint density at radius 1 is 1.33 bits per heavy atom. The second kappa shape index (κ2) is 6.93. The predicted octanol–water partition coefficient (Wildman–Crippen LogP) is 2.65. The van der Waals surface area contributed by atoms with E-state index in [9.17, 15) is 8.78 Å². The van der Waals surface area contributed by atoms with Crippen molar-refractivity contribution in [1.82, 2.24) is 4.90 Å². The molecule has 21 heavy (non-hydrogen) atoms. The maximum Gasteiger partial charge on any atom is 0.387 e. The highest BCUT2D eigenvalue weighted by Gasteiger charge is 2.20. The number of anilines is 2. The van der Waals surface area contributed by atoms with Crippen LogP contribution in [0.5, 0.6) is 5.75 Å². The molecule has 118 valence electrons. The Hall–Kier alpha value is -1.56. The van der Waals surface area contributed by atoms with Gasteiger partial charge in [0.15, 0.2) is 5.75 Å². The smallest absolute Gasteiger partial charge is 0.387 e. The molecule has 0 aliphatic carbocycles. The first-order valence-electron chi connectivity index (χ1n) is 7.19. The number of rotatable bonds is 5. The summed E-state index contributed by atoms with van der Waals surface area (Å²) in [5, 5.41) is 0. The van der Waals surface area contributed by atoms with E-state index in [2.05, 4.69) is 28.6 Å². The van der Waals surface area contributed by atoms with Crippen LogP contribution in [-0.4, -0.2) is 45.2 Å². The minimum absolute atomic E-state index is 0.0536. The van der Waals surface area contributed by atoms with Crippen LogP contribution < -0.4 is 15.4 Å². The van der Waals surface area contributed by atoms with E-state index in [-0.39, 0.29) is 11.4 Å². The van der Waals surface area contributed by atoms with Crippen molar-refractivity contribution >= 4 is 11.4 Å². The van der Waals surface area contributed by atoms with Crippen LogP contribution in [0.25, 0.3) is 0 Å². The van der Waals surface area contributed by atoms with Crippen molar-refractivity contribution in [2.24, 2.45) is 5.92 Å². The first-order valence-corrected chi connectivity index (χ1v) is 7.19. The molecule has 1 aliphatic rings. The maximum absolute atomic E-state index is 12.4. The minimum Gasteiger partial charge on any atom is -0.433 e. The summed E-state index contributed by atoms with van der Waals surface area (Å²) in [6.07, 6.45) is 2.21. The van der Waals surface area contributed by atoms with Crippen molar-refractivity contribution in [3.8, 4) is 5.75 Å². The van der Waals surface area contributed by atoms with Crippen molar-refractivity contribution in [2.45, 2.75) is 19.5 Å². The molecule has 0 radical (unpaired) electrons. The molecule has 1 fully saturated rings. The number of hydrogen-bond acceptors (Lipinski definition) is 4. The largest absolute Gasteiger partial charge is 0.433 e. The van der Waals surface area contributed by atoms with Gasteiger partial charge in [0.05, 0.1) is 5.69 Å². The first kappa shape index (κ1) is 15.8. The summed E-state index contributed by atoms with van der Waals surface area (Å²) in [4.78, 5) is 4.40. The Kier molecular flexibility index (Phi) is 5.22. The first-order chi connectivity index (χ1) is 9.95. The zero-order chi connectivity index (χ0) is 15.4. The van der Waals surface area contributed by atoms with E-state index in [1.165, 1.54) is 0 Å². The quantitative estimate of drug-likeness (QED) is 0.849. The van der Waals surface area contributed by atoms with Gasteiger partial charge in [0.2, 0.25) is 0 Å². The SMILES string of the molecule is CN(C)CC1CCN(c2ccc(N)c(OC(F)F)c2)CC1. The molecule has 4 nitrogen and oxygen atoms in total. The third-order valence-corrected chi connectivity index (χ3v) is 3.82. The molecule has 1 heterocycles. The van der Waals surface area contributed by atoms with Gasteiger partial charge in [-0.1, -0.05) is 0 Å². The lowest BCUT2D eigenvalue weighted by Gasteiger charge is -2.34. The Bertz CT molecular complexity index is 460. The van der Waals surface area contributed by atoms with E-state index in [1.807, 2.05) is 6.07 Å². The molecule has 1 aliphatic heterocycles. The number of piperidine rings is 1. The third-order valence-electron chi connectivity index (χ3n) is 3.82. The highest BCUT2D eigenvalue weighted by Crippen LogP contribution is 2.31. The summed E-state index contributed by atoms with van der Waals surface area (Å²) in [6.45, 7) is 0.0935. The number of nitrogen functional groups attached to an aromatic ring is 1. The van der Waals surface area contributed by atoms with Crippen LogP contribution >= 0.6 is 0 Å². The molecule has 0 unspecified atom stereocenters. The average Bonchev–Trinajstić information content (AvgIpc) is 2.41. The van der Waals surface area contributed by atoms with Crippen molar-refractivity contribution in [3.63, 3.8) is 0 Å². The number of nitrogens with zero attached hydrogens (tertiary/aromatic N) is 2. The van der Waals surface area contributed by atoms with Gasteiger partial charge in [-0.3, -0.25) is 0 Å². The lowest BCUT2D eigenvalue weighted by atomic mass is 9.96. The highest BCUT2D eigenvalue weighted by molar-refractivity contribution is 5.62. The number of halogens is 2. The van der Waals surface area contributed by atoms with Gasteiger partial charge in [-0.25, -0.2) is 0 Å². The lowest BCUT2D eigenvalue weighted by Crippen LogP contribution is -2.37. The van der Waals surface area contributed by atoms with Gasteiger partial charge in [0.25, 0.3) is 0 Å². The van der Waals surface area contributed by atoms with Gasteiger partial charge in [-0.05, 0) is 45.0 Å². The molecule has 0 amide bonds. The second-order valence-corrected chi connectivity index (χ2v) is 5.79. The predicted molar refractivity (Wildman–Crippen MR) is 81.0 cm³/mol. The molecule has 1 aromatic rings. The van der Waals surface area contributed by atoms with Crippen LogP contribution in [0.3, 0.4) is 0 Å². The summed E-state index contributed by atoms with van der Waals surface area (Å²) < 4.78 is 29.2. The normalized spacial score (nSPS) is 16.8. The van der Waals surface area contributed by atoms with Crippen LogP contribution in [0.2, 0.25) is 0 Å². The number of nitrogens with two attached hydrogens (primary N) is 1. The van der Waals surface area contributed by atoms with Gasteiger partial charge in [0, 0.05) is 31.4 Å². The fourth-order valence-electron chi connectivity index (χ4n) is 2.81. The number of ether oxygens (including phenoxy) is 1. The van der Waals surface area contributed by atoms with Crippen molar-refractivity contribution < 1.29 is 13.5 Å². The Labute approximate surface area is 124 Å². The van der Waals surface area contributed by atoms with Crippen LogP contribution in [0.15, 0.2) is 18.2 Å². The molecule has 0 saturated carbocycles. The Balaban J connectivity index is 2.00. The average molecular weight is 299 g/mol. The van der Waals surface area contributed by atoms with Crippen molar-refractivity contribution in [2.75, 3.05) is 44.4 Å². The van der Waals surface area contributed by atoms with E-state index in [4.69, 9.17) is 5.73 Å². The Morgan fingerprint density at radius 2 is 2.00 bits per heavy atom. The van der Waals surface area contributed by atoms with E-state index in [0.717, 1.165) is 38.2 Å². The van der Waals surface area contributed by atoms with Gasteiger partial charge in [0.1, 0.15) is 0 Å². The van der Waals surface area contributed by atoms with Crippen LogP contribution in [-0.2, 0) is 0 Å². The molecule has 0 aromatic heterocycles. The molecule has 6 heteroatoms. The summed E-state index contributed by atoms with van der Waals surface area (Å²) in [6, 6.07) is 5.09. The summed E-state index contributed by atoms with van der Waals surface area (Å²) in [5.41, 5.74) is 6.79. The second-order valence-electron chi connectivity index (χ2n) is 5.79. The van der Waals surface area contributed by atoms with Crippen LogP contribution in [0.1, 0.15) is 12.8 Å². The fourth-order valence-corrected chi connectivity index (χ4v) is 2.81. The lowest BCUT2D eigenvalue weighted by molar-refractivity contribution is -0.0493. The minimum atomic E-state index is -2.85. The molecule has 2 rings (SSSR count). The van der Waals surface area contributed by atoms with E-state index >= 15 is 0 Å². The van der Waals surface area contributed by atoms with Crippen LogP contribution in [0, 0.1) is 5.92 Å². The van der Waals surface area contributed by atoms with Crippen molar-refractivity contribution in [1.29, 1.82) is 0 Å². The van der Waals surface area contributed by atoms with E-state index in [0.29, 0.717) is 5.92 Å². The summed E-state index contributed by atoms with van der Waals surface area (Å²) in [5.74, 6) is 0.750.